The standard InChI is InChI=1S/C21H25N3O6S/c1-14-8-9-16(10-15(14)2)21(27)22-12-20(26)30-13-19(25)23-17-6-5-7-18(11-17)31(28,29)24(3)4/h5-11H,12-13H2,1-4H3,(H,22,27)(H,23,25). The highest BCUT2D eigenvalue weighted by Crippen LogP contribution is 2.18. The molecule has 2 N–H and O–H groups in total. The second-order valence-corrected chi connectivity index (χ2v) is 9.16. The van der Waals surface area contributed by atoms with Gasteiger partial charge in [-0.3, -0.25) is 14.4 Å². The number of benzene rings is 2. The largest absolute Gasteiger partial charge is 0.454 e. The van der Waals surface area contributed by atoms with E-state index in [0.717, 1.165) is 15.4 Å². The third-order valence-corrected chi connectivity index (χ3v) is 6.23. The first kappa shape index (κ1) is 24.0. The molecule has 0 aliphatic rings. The number of amides is 2. The molecule has 0 bridgehead atoms. The maximum atomic E-state index is 12.2. The SMILES string of the molecule is Cc1ccc(C(=O)NCC(=O)OCC(=O)Nc2cccc(S(=O)(=O)N(C)C)c2)cc1C. The zero-order valence-electron chi connectivity index (χ0n) is 17.8. The van der Waals surface area contributed by atoms with Gasteiger partial charge >= 0.3 is 5.97 Å². The number of hydrogen-bond acceptors (Lipinski definition) is 6. The van der Waals surface area contributed by atoms with Crippen LogP contribution < -0.4 is 10.6 Å². The van der Waals surface area contributed by atoms with Gasteiger partial charge in [-0.05, 0) is 55.3 Å². The molecule has 0 saturated heterocycles. The van der Waals surface area contributed by atoms with E-state index in [4.69, 9.17) is 4.74 Å². The summed E-state index contributed by atoms with van der Waals surface area (Å²) in [6.07, 6.45) is 0. The summed E-state index contributed by atoms with van der Waals surface area (Å²) in [6.45, 7) is 2.83. The monoisotopic (exact) mass is 447 g/mol. The van der Waals surface area contributed by atoms with Gasteiger partial charge in [-0.25, -0.2) is 12.7 Å². The van der Waals surface area contributed by atoms with Crippen molar-refractivity contribution in [1.29, 1.82) is 0 Å². The Morgan fingerprint density at radius 2 is 1.71 bits per heavy atom. The quantitative estimate of drug-likeness (QED) is 0.591. The van der Waals surface area contributed by atoms with Gasteiger partial charge in [-0.1, -0.05) is 12.1 Å². The number of rotatable bonds is 8. The van der Waals surface area contributed by atoms with Crippen LogP contribution in [0.1, 0.15) is 21.5 Å². The molecule has 31 heavy (non-hydrogen) atoms. The average molecular weight is 448 g/mol. The topological polar surface area (TPSA) is 122 Å². The molecule has 9 nitrogen and oxygen atoms in total. The highest BCUT2D eigenvalue weighted by atomic mass is 32.2. The zero-order chi connectivity index (χ0) is 23.2. The van der Waals surface area contributed by atoms with E-state index in [9.17, 15) is 22.8 Å². The van der Waals surface area contributed by atoms with Crippen molar-refractivity contribution in [3.8, 4) is 0 Å². The zero-order valence-corrected chi connectivity index (χ0v) is 18.6. The van der Waals surface area contributed by atoms with E-state index >= 15 is 0 Å². The Bertz CT molecular complexity index is 1100. The van der Waals surface area contributed by atoms with Crippen LogP contribution in [0.25, 0.3) is 0 Å². The summed E-state index contributed by atoms with van der Waals surface area (Å²) in [5, 5.41) is 4.90. The normalized spacial score (nSPS) is 11.1. The summed E-state index contributed by atoms with van der Waals surface area (Å²) < 4.78 is 30.2. The molecule has 2 amide bonds. The maximum absolute atomic E-state index is 12.2. The third-order valence-electron chi connectivity index (χ3n) is 4.42. The lowest BCUT2D eigenvalue weighted by Gasteiger charge is -2.13. The molecule has 0 radical (unpaired) electrons. The lowest BCUT2D eigenvalue weighted by atomic mass is 10.1. The van der Waals surface area contributed by atoms with E-state index in [2.05, 4.69) is 10.6 Å². The first-order valence-electron chi connectivity index (χ1n) is 9.34. The van der Waals surface area contributed by atoms with Crippen LogP contribution in [0.2, 0.25) is 0 Å². The Kier molecular flexibility index (Phi) is 7.89. The number of aryl methyl sites for hydroxylation is 2. The van der Waals surface area contributed by atoms with E-state index in [-0.39, 0.29) is 10.6 Å². The molecule has 0 heterocycles. The molecule has 2 rings (SSSR count). The minimum absolute atomic E-state index is 0.0151. The van der Waals surface area contributed by atoms with E-state index in [0.29, 0.717) is 5.56 Å². The number of anilines is 1. The number of carbonyl (C=O) groups is 3. The Hall–Kier alpha value is -3.24. The molecule has 2 aromatic carbocycles. The van der Waals surface area contributed by atoms with E-state index < -0.39 is 41.0 Å². The Morgan fingerprint density at radius 1 is 1.00 bits per heavy atom. The van der Waals surface area contributed by atoms with Crippen LogP contribution in [0.4, 0.5) is 5.69 Å². The first-order chi connectivity index (χ1) is 14.5. The lowest BCUT2D eigenvalue weighted by molar-refractivity contribution is -0.146. The van der Waals surface area contributed by atoms with Gasteiger partial charge in [-0.2, -0.15) is 0 Å². The minimum atomic E-state index is -3.65. The molecular formula is C21H25N3O6S. The van der Waals surface area contributed by atoms with Crippen molar-refractivity contribution in [2.75, 3.05) is 32.6 Å². The van der Waals surface area contributed by atoms with Gasteiger partial charge in [0.1, 0.15) is 6.54 Å². The Morgan fingerprint density at radius 3 is 2.35 bits per heavy atom. The van der Waals surface area contributed by atoms with Crippen molar-refractivity contribution in [2.24, 2.45) is 0 Å². The number of nitrogens with one attached hydrogen (secondary N) is 2. The number of esters is 1. The number of ether oxygens (including phenoxy) is 1. The van der Waals surface area contributed by atoms with Crippen LogP contribution in [0.15, 0.2) is 47.4 Å². The fourth-order valence-electron chi connectivity index (χ4n) is 2.48. The molecule has 0 aliphatic carbocycles. The van der Waals surface area contributed by atoms with Crippen LogP contribution in [0.3, 0.4) is 0 Å². The summed E-state index contributed by atoms with van der Waals surface area (Å²) in [4.78, 5) is 35.9. The molecule has 0 spiro atoms. The Labute approximate surface area is 181 Å². The maximum Gasteiger partial charge on any atom is 0.325 e. The van der Waals surface area contributed by atoms with E-state index in [1.54, 1.807) is 12.1 Å². The van der Waals surface area contributed by atoms with Gasteiger partial charge in [0.25, 0.3) is 11.8 Å². The molecule has 2 aromatic rings. The van der Waals surface area contributed by atoms with Gasteiger partial charge in [0, 0.05) is 25.3 Å². The molecule has 0 aliphatic heterocycles. The van der Waals surface area contributed by atoms with Gasteiger partial charge in [-0.15, -0.1) is 0 Å². The van der Waals surface area contributed by atoms with Crippen LogP contribution in [-0.2, 0) is 24.3 Å². The van der Waals surface area contributed by atoms with Crippen molar-refractivity contribution >= 4 is 33.5 Å². The lowest BCUT2D eigenvalue weighted by Crippen LogP contribution is -2.32. The molecular weight excluding hydrogens is 422 g/mol. The fraction of sp³-hybridized carbons (Fsp3) is 0.286. The second kappa shape index (κ2) is 10.2. The third kappa shape index (κ3) is 6.63. The number of carbonyl (C=O) groups excluding carboxylic acids is 3. The number of nitrogens with zero attached hydrogens (tertiary/aromatic N) is 1. The van der Waals surface area contributed by atoms with Crippen molar-refractivity contribution < 1.29 is 27.5 Å². The van der Waals surface area contributed by atoms with Crippen molar-refractivity contribution in [3.05, 3.63) is 59.2 Å². The van der Waals surface area contributed by atoms with E-state index in [1.165, 1.54) is 38.4 Å². The molecule has 166 valence electrons. The summed E-state index contributed by atoms with van der Waals surface area (Å²) in [7, 11) is -0.845. The summed E-state index contributed by atoms with van der Waals surface area (Å²) >= 11 is 0. The fourth-order valence-corrected chi connectivity index (χ4v) is 3.42. The molecule has 0 fully saturated rings. The highest BCUT2D eigenvalue weighted by Gasteiger charge is 2.18. The van der Waals surface area contributed by atoms with Crippen LogP contribution >= 0.6 is 0 Å². The number of sulfonamides is 1. The predicted molar refractivity (Wildman–Crippen MR) is 115 cm³/mol. The van der Waals surface area contributed by atoms with Crippen LogP contribution in [0, 0.1) is 13.8 Å². The summed E-state index contributed by atoms with van der Waals surface area (Å²) in [5.41, 5.74) is 2.66. The van der Waals surface area contributed by atoms with E-state index in [1.807, 2.05) is 19.9 Å². The van der Waals surface area contributed by atoms with Gasteiger partial charge < -0.3 is 15.4 Å². The molecule has 0 aromatic heterocycles. The van der Waals surface area contributed by atoms with Gasteiger partial charge in [0.2, 0.25) is 10.0 Å². The molecule has 10 heteroatoms. The summed E-state index contributed by atoms with van der Waals surface area (Å²) in [6, 6.07) is 10.9. The van der Waals surface area contributed by atoms with Crippen molar-refractivity contribution in [1.82, 2.24) is 9.62 Å². The van der Waals surface area contributed by atoms with Gasteiger partial charge in [0.15, 0.2) is 6.61 Å². The molecule has 0 saturated carbocycles. The minimum Gasteiger partial charge on any atom is -0.454 e. The first-order valence-corrected chi connectivity index (χ1v) is 10.8. The smallest absolute Gasteiger partial charge is 0.325 e. The van der Waals surface area contributed by atoms with Crippen molar-refractivity contribution in [2.45, 2.75) is 18.7 Å². The van der Waals surface area contributed by atoms with Crippen LogP contribution in [-0.4, -0.2) is 57.8 Å². The van der Waals surface area contributed by atoms with Crippen LogP contribution in [0.5, 0.6) is 0 Å². The number of hydrogen-bond donors (Lipinski definition) is 2. The average Bonchev–Trinajstić information content (AvgIpc) is 2.72. The molecule has 0 atom stereocenters. The summed E-state index contributed by atoms with van der Waals surface area (Å²) in [5.74, 6) is -1.85. The Balaban J connectivity index is 1.84. The van der Waals surface area contributed by atoms with Crippen molar-refractivity contribution in [3.63, 3.8) is 0 Å². The second-order valence-electron chi connectivity index (χ2n) is 7.01. The highest BCUT2D eigenvalue weighted by molar-refractivity contribution is 7.89. The van der Waals surface area contributed by atoms with Gasteiger partial charge in [0.05, 0.1) is 4.90 Å². The molecule has 0 unspecified atom stereocenters. The predicted octanol–water partition coefficient (Wildman–Crippen LogP) is 1.47.